The van der Waals surface area contributed by atoms with Crippen LogP contribution in [0.3, 0.4) is 0 Å². The van der Waals surface area contributed by atoms with Gasteiger partial charge >= 0.3 is 0 Å². The average Bonchev–Trinajstić information content (AvgIpc) is 3.18. The zero-order valence-electron chi connectivity index (χ0n) is 17.3. The van der Waals surface area contributed by atoms with Crippen LogP contribution in [-0.4, -0.2) is 17.0 Å². The molecule has 0 bridgehead atoms. The molecular weight excluding hydrogens is 320 g/mol. The Morgan fingerprint density at radius 1 is 1.12 bits per heavy atom. The lowest BCUT2D eigenvalue weighted by Gasteiger charge is -2.46. The molecule has 3 aliphatic carbocycles. The fourth-order valence-corrected chi connectivity index (χ4v) is 5.88. The fourth-order valence-electron chi connectivity index (χ4n) is 5.88. The predicted molar refractivity (Wildman–Crippen MR) is 108 cm³/mol. The predicted octanol–water partition coefficient (Wildman–Crippen LogP) is 6.30. The number of hydrogen-bond acceptors (Lipinski definition) is 2. The zero-order valence-corrected chi connectivity index (χ0v) is 17.3. The summed E-state index contributed by atoms with van der Waals surface area (Å²) in [5.74, 6) is 3.34. The van der Waals surface area contributed by atoms with E-state index in [0.29, 0.717) is 17.6 Å². The minimum atomic E-state index is -0.129. The molecule has 0 amide bonds. The van der Waals surface area contributed by atoms with Crippen molar-refractivity contribution in [1.82, 2.24) is 0 Å². The summed E-state index contributed by atoms with van der Waals surface area (Å²) in [5.41, 5.74) is 0.231. The maximum absolute atomic E-state index is 12.4. The number of carbonyl (C=O) groups is 1. The molecule has 1 N–H and O–H groups in total. The van der Waals surface area contributed by atoms with Crippen LogP contribution in [0.2, 0.25) is 0 Å². The monoisotopic (exact) mass is 362 g/mol. The Labute approximate surface area is 161 Å². The van der Waals surface area contributed by atoms with Gasteiger partial charge in [0.2, 0.25) is 0 Å². The molecular formula is C24H42O2. The molecule has 3 rings (SSSR count). The van der Waals surface area contributed by atoms with Crippen LogP contribution in [0.4, 0.5) is 0 Å². The van der Waals surface area contributed by atoms with Crippen molar-refractivity contribution in [3.8, 4) is 0 Å². The maximum Gasteiger partial charge on any atom is 0.136 e. The molecule has 0 aromatic carbocycles. The first-order valence-corrected chi connectivity index (χ1v) is 11.8. The summed E-state index contributed by atoms with van der Waals surface area (Å²) in [6, 6.07) is 0. The van der Waals surface area contributed by atoms with Gasteiger partial charge in [-0.15, -0.1) is 0 Å². The topological polar surface area (TPSA) is 37.3 Å². The Hall–Kier alpha value is -0.370. The molecule has 5 atom stereocenters. The SMILES string of the molecule is CCCCC1(C(O)CC[C@H]2CCC(=O)[C@@H]2CCCC[C@@H]2C[C@H]2C)CCC1. The molecule has 26 heavy (non-hydrogen) atoms. The highest BCUT2D eigenvalue weighted by Crippen LogP contribution is 2.50. The molecule has 0 radical (unpaired) electrons. The quantitative estimate of drug-likeness (QED) is 0.414. The molecule has 0 aromatic heterocycles. The number of unbranched alkanes of at least 4 members (excludes halogenated alkanes) is 2. The highest BCUT2D eigenvalue weighted by Gasteiger charge is 2.43. The fraction of sp³-hybridized carbons (Fsp3) is 0.958. The van der Waals surface area contributed by atoms with Gasteiger partial charge in [-0.3, -0.25) is 4.79 Å². The molecule has 0 spiro atoms. The standard InChI is InChI=1S/C24H42O2/c1-3-4-14-24(15-7-16-24)23(26)13-11-19-10-12-22(25)21(19)9-6-5-8-20-17-18(20)2/h18-21,23,26H,3-17H2,1-2H3/t18-,19-,20-,21-,23?/m1/s1. The molecule has 150 valence electrons. The van der Waals surface area contributed by atoms with Crippen molar-refractivity contribution < 1.29 is 9.90 Å². The van der Waals surface area contributed by atoms with Crippen LogP contribution in [0, 0.1) is 29.1 Å². The second-order valence-corrected chi connectivity index (χ2v) is 10.0. The molecule has 2 heteroatoms. The van der Waals surface area contributed by atoms with E-state index in [0.717, 1.165) is 43.9 Å². The average molecular weight is 363 g/mol. The van der Waals surface area contributed by atoms with Crippen LogP contribution < -0.4 is 0 Å². The van der Waals surface area contributed by atoms with Gasteiger partial charge < -0.3 is 5.11 Å². The number of aliphatic hydroxyl groups is 1. The normalized spacial score (nSPS) is 33.9. The van der Waals surface area contributed by atoms with Crippen molar-refractivity contribution in [1.29, 1.82) is 0 Å². The Morgan fingerprint density at radius 2 is 1.85 bits per heavy atom. The van der Waals surface area contributed by atoms with Gasteiger partial charge in [-0.2, -0.15) is 0 Å². The molecule has 2 nitrogen and oxygen atoms in total. The summed E-state index contributed by atoms with van der Waals surface area (Å²) in [4.78, 5) is 12.4. The van der Waals surface area contributed by atoms with Gasteiger partial charge in [0.05, 0.1) is 6.10 Å². The molecule has 0 saturated heterocycles. The van der Waals surface area contributed by atoms with E-state index in [1.54, 1.807) is 0 Å². The minimum Gasteiger partial charge on any atom is -0.393 e. The largest absolute Gasteiger partial charge is 0.393 e. The minimum absolute atomic E-state index is 0.129. The molecule has 1 unspecified atom stereocenters. The third-order valence-electron chi connectivity index (χ3n) is 8.26. The summed E-state index contributed by atoms with van der Waals surface area (Å²) in [6.45, 7) is 4.61. The molecule has 3 fully saturated rings. The molecule has 3 saturated carbocycles. The van der Waals surface area contributed by atoms with E-state index >= 15 is 0 Å². The van der Waals surface area contributed by atoms with Crippen molar-refractivity contribution >= 4 is 5.78 Å². The number of hydrogen-bond donors (Lipinski definition) is 1. The highest BCUT2D eigenvalue weighted by atomic mass is 16.3. The second kappa shape index (κ2) is 9.22. The lowest BCUT2D eigenvalue weighted by molar-refractivity contribution is -0.121. The summed E-state index contributed by atoms with van der Waals surface area (Å²) in [6.07, 6.45) is 17.7. The van der Waals surface area contributed by atoms with Gasteiger partial charge in [-0.05, 0) is 74.5 Å². The third-order valence-corrected chi connectivity index (χ3v) is 8.26. The van der Waals surface area contributed by atoms with Crippen LogP contribution >= 0.6 is 0 Å². The van der Waals surface area contributed by atoms with E-state index in [1.807, 2.05) is 0 Å². The number of ketones is 1. The Kier molecular flexibility index (Phi) is 7.22. The molecule has 0 aromatic rings. The second-order valence-electron chi connectivity index (χ2n) is 10.0. The first-order chi connectivity index (χ1) is 12.6. The van der Waals surface area contributed by atoms with Gasteiger partial charge in [-0.25, -0.2) is 0 Å². The van der Waals surface area contributed by atoms with Crippen LogP contribution in [0.5, 0.6) is 0 Å². The number of aliphatic hydroxyl groups excluding tert-OH is 1. The van der Waals surface area contributed by atoms with E-state index in [1.165, 1.54) is 64.2 Å². The van der Waals surface area contributed by atoms with Crippen LogP contribution in [0.15, 0.2) is 0 Å². The van der Waals surface area contributed by atoms with Crippen molar-refractivity contribution in [3.05, 3.63) is 0 Å². The van der Waals surface area contributed by atoms with Gasteiger partial charge in [0.1, 0.15) is 5.78 Å². The lowest BCUT2D eigenvalue weighted by atomic mass is 9.61. The molecule has 0 aliphatic heterocycles. The van der Waals surface area contributed by atoms with E-state index in [-0.39, 0.29) is 11.5 Å². The summed E-state index contributed by atoms with van der Waals surface area (Å²) in [5, 5.41) is 10.9. The van der Waals surface area contributed by atoms with Crippen LogP contribution in [0.1, 0.15) is 110 Å². The first-order valence-electron chi connectivity index (χ1n) is 11.8. The maximum atomic E-state index is 12.4. The van der Waals surface area contributed by atoms with Crippen molar-refractivity contribution in [2.45, 2.75) is 116 Å². The summed E-state index contributed by atoms with van der Waals surface area (Å²) in [7, 11) is 0. The zero-order chi connectivity index (χ0) is 18.6. The Bertz CT molecular complexity index is 453. The van der Waals surface area contributed by atoms with Gasteiger partial charge in [-0.1, -0.05) is 52.4 Å². The Morgan fingerprint density at radius 3 is 2.46 bits per heavy atom. The Balaban J connectivity index is 1.40. The van der Waals surface area contributed by atoms with Crippen LogP contribution in [0.25, 0.3) is 0 Å². The van der Waals surface area contributed by atoms with Crippen molar-refractivity contribution in [2.75, 3.05) is 0 Å². The van der Waals surface area contributed by atoms with Gasteiger partial charge in [0.25, 0.3) is 0 Å². The van der Waals surface area contributed by atoms with E-state index in [4.69, 9.17) is 0 Å². The third kappa shape index (κ3) is 4.91. The van der Waals surface area contributed by atoms with Gasteiger partial charge in [0, 0.05) is 12.3 Å². The molecule has 3 aliphatic rings. The number of rotatable bonds is 12. The number of carbonyl (C=O) groups excluding carboxylic acids is 1. The number of Topliss-reactive ketones (excluding diaryl/α,β-unsaturated/α-hetero) is 1. The van der Waals surface area contributed by atoms with Crippen molar-refractivity contribution in [2.24, 2.45) is 29.1 Å². The van der Waals surface area contributed by atoms with E-state index in [2.05, 4.69) is 13.8 Å². The summed E-state index contributed by atoms with van der Waals surface area (Å²) >= 11 is 0. The lowest BCUT2D eigenvalue weighted by Crippen LogP contribution is -2.41. The van der Waals surface area contributed by atoms with Gasteiger partial charge in [0.15, 0.2) is 0 Å². The summed E-state index contributed by atoms with van der Waals surface area (Å²) < 4.78 is 0. The smallest absolute Gasteiger partial charge is 0.136 e. The highest BCUT2D eigenvalue weighted by molar-refractivity contribution is 5.83. The van der Waals surface area contributed by atoms with Crippen molar-refractivity contribution in [3.63, 3.8) is 0 Å². The van der Waals surface area contributed by atoms with Crippen LogP contribution in [-0.2, 0) is 4.79 Å². The van der Waals surface area contributed by atoms with E-state index < -0.39 is 0 Å². The first kappa shape index (κ1) is 20.4. The molecule has 0 heterocycles. The van der Waals surface area contributed by atoms with E-state index in [9.17, 15) is 9.90 Å².